The molecule has 2 aromatic heterocycles. The molecule has 4 heterocycles. The number of nitrogens with one attached hydrogen (secondary N) is 4. The normalized spacial score (nSPS) is 21.2. The van der Waals surface area contributed by atoms with Crippen molar-refractivity contribution in [3.05, 3.63) is 50.6 Å². The van der Waals surface area contributed by atoms with Gasteiger partial charge in [-0.1, -0.05) is 11.6 Å². The minimum atomic E-state index is -0.216. The van der Waals surface area contributed by atoms with Gasteiger partial charge < -0.3 is 25.8 Å². The predicted molar refractivity (Wildman–Crippen MR) is 121 cm³/mol. The highest BCUT2D eigenvalue weighted by atomic mass is 35.5. The number of nitrogens with zero attached hydrogens (tertiary/aromatic N) is 2. The van der Waals surface area contributed by atoms with Crippen LogP contribution in [-0.4, -0.2) is 65.4 Å². The summed E-state index contributed by atoms with van der Waals surface area (Å²) in [6.45, 7) is 2.97. The molecule has 2 amide bonds. The summed E-state index contributed by atoms with van der Waals surface area (Å²) < 4.78 is 0. The second-order valence-corrected chi connectivity index (χ2v) is 9.63. The van der Waals surface area contributed by atoms with Crippen molar-refractivity contribution in [2.45, 2.75) is 25.0 Å². The summed E-state index contributed by atoms with van der Waals surface area (Å²) in [5.74, 6) is -0.400. The molecule has 162 valence electrons. The summed E-state index contributed by atoms with van der Waals surface area (Å²) in [5, 5.41) is 11.3. The minimum absolute atomic E-state index is 0.185. The number of aromatic nitrogens is 2. The second kappa shape index (κ2) is 8.23. The van der Waals surface area contributed by atoms with Crippen LogP contribution in [-0.2, 0) is 13.0 Å². The molecule has 8 nitrogen and oxygen atoms in total. The van der Waals surface area contributed by atoms with Crippen LogP contribution < -0.4 is 16.0 Å². The lowest BCUT2D eigenvalue weighted by molar-refractivity contribution is 0.0894. The number of hydrogen-bond donors (Lipinski definition) is 4. The molecule has 1 saturated heterocycles. The van der Waals surface area contributed by atoms with Crippen LogP contribution in [0.3, 0.4) is 0 Å². The van der Waals surface area contributed by atoms with Crippen molar-refractivity contribution in [3.63, 3.8) is 0 Å². The highest BCUT2D eigenvalue weighted by Gasteiger charge is 2.31. The van der Waals surface area contributed by atoms with Crippen molar-refractivity contribution in [2.24, 2.45) is 0 Å². The quantitative estimate of drug-likeness (QED) is 0.477. The maximum absolute atomic E-state index is 12.8. The van der Waals surface area contributed by atoms with Crippen LogP contribution in [0.2, 0.25) is 5.02 Å². The number of H-pyrrole nitrogens is 1. The number of halogens is 1. The number of amides is 2. The van der Waals surface area contributed by atoms with Crippen LogP contribution in [0.15, 0.2) is 24.3 Å². The average molecular weight is 459 g/mol. The van der Waals surface area contributed by atoms with Crippen molar-refractivity contribution >= 4 is 45.7 Å². The molecule has 0 aliphatic carbocycles. The lowest BCUT2D eigenvalue weighted by Crippen LogP contribution is -2.51. The number of benzene rings is 1. The molecule has 0 saturated carbocycles. The van der Waals surface area contributed by atoms with Gasteiger partial charge in [0, 0.05) is 53.4 Å². The van der Waals surface area contributed by atoms with Gasteiger partial charge in [-0.2, -0.15) is 0 Å². The molecule has 5 rings (SSSR count). The molecule has 0 unspecified atom stereocenters. The van der Waals surface area contributed by atoms with E-state index in [1.54, 1.807) is 12.1 Å². The Balaban J connectivity index is 1.25. The molecular formula is C21H23ClN6O2S. The van der Waals surface area contributed by atoms with Crippen LogP contribution >= 0.6 is 22.9 Å². The van der Waals surface area contributed by atoms with E-state index in [0.717, 1.165) is 41.0 Å². The van der Waals surface area contributed by atoms with Gasteiger partial charge in [-0.25, -0.2) is 4.98 Å². The number of fused-ring (bicyclic) bond motifs is 2. The third-order valence-corrected chi connectivity index (χ3v) is 7.11. The number of thiazole rings is 1. The standard InChI is InChI=1S/C21H23ClN6O2S/c1-28-5-4-14-18(10-28)31-21(27-14)20(30)26-17-9-23-8-16(17)25-19(29)15-7-11-6-12(22)2-3-13(11)24-15/h2-3,6-7,16-17,23-24H,4-5,8-10H2,1H3,(H,25,29)(H,26,30)/t16-,17+/m0/s1. The van der Waals surface area contributed by atoms with Crippen molar-refractivity contribution in [1.29, 1.82) is 0 Å². The molecule has 0 radical (unpaired) electrons. The van der Waals surface area contributed by atoms with E-state index in [2.05, 4.69) is 37.9 Å². The van der Waals surface area contributed by atoms with Gasteiger partial charge in [0.15, 0.2) is 5.01 Å². The van der Waals surface area contributed by atoms with E-state index in [4.69, 9.17) is 11.6 Å². The van der Waals surface area contributed by atoms with E-state index in [1.807, 2.05) is 12.1 Å². The number of carbonyl (C=O) groups excluding carboxylic acids is 2. The Morgan fingerprint density at radius 2 is 1.97 bits per heavy atom. The summed E-state index contributed by atoms with van der Waals surface area (Å²) in [6, 6.07) is 6.80. The van der Waals surface area contributed by atoms with E-state index in [1.165, 1.54) is 11.3 Å². The first kappa shape index (κ1) is 20.4. The number of aromatic amines is 1. The highest BCUT2D eigenvalue weighted by Crippen LogP contribution is 2.25. The van der Waals surface area contributed by atoms with E-state index >= 15 is 0 Å². The molecule has 2 atom stereocenters. The summed E-state index contributed by atoms with van der Waals surface area (Å²) in [5.41, 5.74) is 2.34. The Morgan fingerprint density at radius 3 is 2.77 bits per heavy atom. The second-order valence-electron chi connectivity index (χ2n) is 8.11. The molecule has 3 aromatic rings. The number of likely N-dealkylation sites (N-methyl/N-ethyl adjacent to an activating group) is 1. The molecule has 4 N–H and O–H groups in total. The number of carbonyl (C=O) groups is 2. The molecule has 1 aromatic carbocycles. The van der Waals surface area contributed by atoms with Gasteiger partial charge in [0.05, 0.1) is 17.8 Å². The smallest absolute Gasteiger partial charge is 0.280 e. The third-order valence-electron chi connectivity index (χ3n) is 5.79. The summed E-state index contributed by atoms with van der Waals surface area (Å²) in [7, 11) is 2.07. The zero-order valence-electron chi connectivity index (χ0n) is 17.0. The van der Waals surface area contributed by atoms with Crippen LogP contribution in [0.1, 0.15) is 30.9 Å². The third kappa shape index (κ3) is 4.18. The van der Waals surface area contributed by atoms with Crippen LogP contribution in [0.4, 0.5) is 0 Å². The Labute approximate surface area is 188 Å². The van der Waals surface area contributed by atoms with Gasteiger partial charge in [0.25, 0.3) is 11.8 Å². The molecule has 31 heavy (non-hydrogen) atoms. The van der Waals surface area contributed by atoms with Gasteiger partial charge in [0.2, 0.25) is 0 Å². The monoisotopic (exact) mass is 458 g/mol. The van der Waals surface area contributed by atoms with E-state index in [-0.39, 0.29) is 23.9 Å². The number of rotatable bonds is 4. The van der Waals surface area contributed by atoms with Crippen LogP contribution in [0, 0.1) is 0 Å². The van der Waals surface area contributed by atoms with E-state index in [0.29, 0.717) is 28.8 Å². The first-order valence-corrected chi connectivity index (χ1v) is 11.4. The largest absolute Gasteiger partial charge is 0.351 e. The molecule has 2 aliphatic heterocycles. The first-order chi connectivity index (χ1) is 15.0. The van der Waals surface area contributed by atoms with Gasteiger partial charge in [0.1, 0.15) is 5.69 Å². The van der Waals surface area contributed by atoms with Gasteiger partial charge in [-0.3, -0.25) is 9.59 Å². The lowest BCUT2D eigenvalue weighted by Gasteiger charge is -2.20. The Hall–Kier alpha value is -2.46. The summed E-state index contributed by atoms with van der Waals surface area (Å²) in [4.78, 5) is 36.7. The van der Waals surface area contributed by atoms with Gasteiger partial charge in [-0.15, -0.1) is 11.3 Å². The summed E-state index contributed by atoms with van der Waals surface area (Å²) >= 11 is 7.49. The van der Waals surface area contributed by atoms with Gasteiger partial charge in [-0.05, 0) is 31.3 Å². The fraction of sp³-hybridized carbons (Fsp3) is 0.381. The first-order valence-electron chi connectivity index (χ1n) is 10.2. The van der Waals surface area contributed by atoms with Crippen molar-refractivity contribution in [2.75, 3.05) is 26.7 Å². The van der Waals surface area contributed by atoms with E-state index in [9.17, 15) is 9.59 Å². The molecule has 1 fully saturated rings. The Bertz CT molecular complexity index is 1160. The van der Waals surface area contributed by atoms with Crippen molar-refractivity contribution in [3.8, 4) is 0 Å². The molecular weight excluding hydrogens is 436 g/mol. The Kier molecular flexibility index (Phi) is 5.43. The van der Waals surface area contributed by atoms with E-state index < -0.39 is 0 Å². The predicted octanol–water partition coefficient (Wildman–Crippen LogP) is 1.77. The van der Waals surface area contributed by atoms with Crippen molar-refractivity contribution in [1.82, 2.24) is 30.8 Å². The lowest BCUT2D eigenvalue weighted by atomic mass is 10.1. The molecule has 0 bridgehead atoms. The van der Waals surface area contributed by atoms with Crippen molar-refractivity contribution < 1.29 is 9.59 Å². The average Bonchev–Trinajstić information content (AvgIpc) is 3.45. The highest BCUT2D eigenvalue weighted by molar-refractivity contribution is 7.13. The fourth-order valence-corrected chi connectivity index (χ4v) is 5.38. The fourth-order valence-electron chi connectivity index (χ4n) is 4.10. The van der Waals surface area contributed by atoms with Crippen LogP contribution in [0.25, 0.3) is 10.9 Å². The van der Waals surface area contributed by atoms with Crippen LogP contribution in [0.5, 0.6) is 0 Å². The Morgan fingerprint density at radius 1 is 1.19 bits per heavy atom. The number of hydrogen-bond acceptors (Lipinski definition) is 6. The maximum atomic E-state index is 12.8. The summed E-state index contributed by atoms with van der Waals surface area (Å²) in [6.07, 6.45) is 0.870. The SMILES string of the molecule is CN1CCc2nc(C(=O)N[C@@H]3CNC[C@@H]3NC(=O)c3cc4cc(Cl)ccc4[nH]3)sc2C1. The molecule has 2 aliphatic rings. The molecule has 0 spiro atoms. The molecule has 10 heteroatoms. The topological polar surface area (TPSA) is 102 Å². The zero-order valence-corrected chi connectivity index (χ0v) is 18.6. The van der Waals surface area contributed by atoms with Gasteiger partial charge >= 0.3 is 0 Å². The zero-order chi connectivity index (χ0) is 21.5. The minimum Gasteiger partial charge on any atom is -0.351 e. The maximum Gasteiger partial charge on any atom is 0.280 e.